The molecule has 2 rings (SSSR count). The predicted molar refractivity (Wildman–Crippen MR) is 70.1 cm³/mol. The van der Waals surface area contributed by atoms with Gasteiger partial charge in [0.25, 0.3) is 0 Å². The average molecular weight is 236 g/mol. The van der Waals surface area contributed by atoms with Crippen molar-refractivity contribution < 1.29 is 0 Å². The van der Waals surface area contributed by atoms with Crippen LogP contribution in [0.1, 0.15) is 26.0 Å². The maximum atomic E-state index is 4.21. The zero-order valence-electron chi connectivity index (χ0n) is 11.2. The van der Waals surface area contributed by atoms with Crippen LogP contribution in [0.2, 0.25) is 0 Å². The minimum absolute atomic E-state index is 0.296. The van der Waals surface area contributed by atoms with Crippen LogP contribution < -0.4 is 5.32 Å². The monoisotopic (exact) mass is 236 g/mol. The van der Waals surface area contributed by atoms with Gasteiger partial charge >= 0.3 is 0 Å². The highest BCUT2D eigenvalue weighted by molar-refractivity contribution is 5.01. The van der Waals surface area contributed by atoms with E-state index in [9.17, 15) is 0 Å². The summed E-state index contributed by atoms with van der Waals surface area (Å²) >= 11 is 0. The number of piperazine rings is 1. The molecule has 0 radical (unpaired) electrons. The molecule has 1 atom stereocenters. The van der Waals surface area contributed by atoms with E-state index in [4.69, 9.17) is 0 Å². The zero-order valence-corrected chi connectivity index (χ0v) is 11.2. The van der Waals surface area contributed by atoms with Gasteiger partial charge in [-0.3, -0.25) is 9.58 Å². The predicted octanol–water partition coefficient (Wildman–Crippen LogP) is 1.04. The van der Waals surface area contributed by atoms with Crippen LogP contribution in [0.4, 0.5) is 0 Å². The van der Waals surface area contributed by atoms with E-state index in [1.807, 2.05) is 17.9 Å². The molecule has 0 spiro atoms. The molecule has 0 saturated carbocycles. The van der Waals surface area contributed by atoms with Crippen LogP contribution in [0.15, 0.2) is 12.3 Å². The molecular formula is C13H24N4. The van der Waals surface area contributed by atoms with Crippen LogP contribution in [0.25, 0.3) is 0 Å². The molecular weight excluding hydrogens is 212 g/mol. The Labute approximate surface area is 104 Å². The highest BCUT2D eigenvalue weighted by atomic mass is 15.3. The van der Waals surface area contributed by atoms with Crippen LogP contribution >= 0.6 is 0 Å². The zero-order chi connectivity index (χ0) is 12.3. The Hall–Kier alpha value is -0.870. The number of nitrogens with one attached hydrogen (secondary N) is 1. The van der Waals surface area contributed by atoms with Crippen LogP contribution in [0.3, 0.4) is 0 Å². The summed E-state index contributed by atoms with van der Waals surface area (Å²) in [5.41, 5.74) is 1.62. The van der Waals surface area contributed by atoms with Gasteiger partial charge in [0.1, 0.15) is 0 Å². The quantitative estimate of drug-likeness (QED) is 0.848. The van der Waals surface area contributed by atoms with E-state index in [1.54, 1.807) is 0 Å². The minimum atomic E-state index is 0.296. The first kappa shape index (κ1) is 12.6. The van der Waals surface area contributed by atoms with E-state index in [0.717, 1.165) is 32.6 Å². The molecule has 2 heterocycles. The second-order valence-electron chi connectivity index (χ2n) is 5.31. The Kier molecular flexibility index (Phi) is 3.84. The van der Waals surface area contributed by atoms with Gasteiger partial charge in [0, 0.05) is 57.1 Å². The molecule has 1 aliphatic rings. The van der Waals surface area contributed by atoms with Gasteiger partial charge in [0.15, 0.2) is 0 Å². The lowest BCUT2D eigenvalue weighted by Crippen LogP contribution is -2.58. The van der Waals surface area contributed by atoms with Gasteiger partial charge in [0.05, 0.1) is 0 Å². The lowest BCUT2D eigenvalue weighted by atomic mass is 9.96. The third-order valence-corrected chi connectivity index (χ3v) is 3.94. The second-order valence-corrected chi connectivity index (χ2v) is 5.31. The Balaban J connectivity index is 1.85. The fourth-order valence-corrected chi connectivity index (χ4v) is 2.49. The highest BCUT2D eigenvalue weighted by Gasteiger charge is 2.28. The van der Waals surface area contributed by atoms with Crippen molar-refractivity contribution in [2.24, 2.45) is 7.05 Å². The number of hydrogen-bond donors (Lipinski definition) is 1. The van der Waals surface area contributed by atoms with Crippen molar-refractivity contribution in [2.75, 3.05) is 26.2 Å². The van der Waals surface area contributed by atoms with E-state index in [2.05, 4.69) is 35.2 Å². The first-order chi connectivity index (χ1) is 8.13. The van der Waals surface area contributed by atoms with Gasteiger partial charge in [0.2, 0.25) is 0 Å². The summed E-state index contributed by atoms with van der Waals surface area (Å²) in [5, 5.41) is 7.83. The second kappa shape index (κ2) is 5.19. The summed E-state index contributed by atoms with van der Waals surface area (Å²) in [6.45, 7) is 9.14. The lowest BCUT2D eigenvalue weighted by molar-refractivity contribution is 0.140. The third-order valence-electron chi connectivity index (χ3n) is 3.94. The van der Waals surface area contributed by atoms with Crippen LogP contribution in [0.5, 0.6) is 0 Å². The topological polar surface area (TPSA) is 33.1 Å². The number of aromatic nitrogens is 2. The first-order valence-corrected chi connectivity index (χ1v) is 6.57. The van der Waals surface area contributed by atoms with E-state index in [-0.39, 0.29) is 0 Å². The molecule has 0 bridgehead atoms. The van der Waals surface area contributed by atoms with Gasteiger partial charge in [-0.05, 0) is 19.4 Å². The summed E-state index contributed by atoms with van der Waals surface area (Å²) in [6.07, 6.45) is 4.16. The third kappa shape index (κ3) is 3.07. The van der Waals surface area contributed by atoms with Crippen LogP contribution in [-0.4, -0.2) is 46.4 Å². The van der Waals surface area contributed by atoms with E-state index in [0.29, 0.717) is 5.54 Å². The molecule has 0 amide bonds. The van der Waals surface area contributed by atoms with Gasteiger partial charge in [-0.1, -0.05) is 6.92 Å². The normalized spacial score (nSPS) is 26.3. The van der Waals surface area contributed by atoms with E-state index >= 15 is 0 Å². The fraction of sp³-hybridized carbons (Fsp3) is 0.769. The standard InChI is InChI=1S/C13H24N4/c1-4-13(2)11-17(10-8-14-13)9-6-12-5-7-15-16(12)3/h5,7,14H,4,6,8-11H2,1-3H3. The maximum Gasteiger partial charge on any atom is 0.0492 e. The van der Waals surface area contributed by atoms with Gasteiger partial charge in [-0.2, -0.15) is 5.10 Å². The summed E-state index contributed by atoms with van der Waals surface area (Å²) in [6, 6.07) is 2.11. The number of rotatable bonds is 4. The SMILES string of the molecule is CCC1(C)CN(CCc2ccnn2C)CCN1. The van der Waals surface area contributed by atoms with Crippen molar-refractivity contribution >= 4 is 0 Å². The van der Waals surface area contributed by atoms with Gasteiger partial charge in [-0.25, -0.2) is 0 Å². The summed E-state index contributed by atoms with van der Waals surface area (Å²) in [7, 11) is 2.02. The lowest BCUT2D eigenvalue weighted by Gasteiger charge is -2.41. The van der Waals surface area contributed by atoms with Crippen molar-refractivity contribution in [3.8, 4) is 0 Å². The molecule has 1 N–H and O–H groups in total. The number of hydrogen-bond acceptors (Lipinski definition) is 3. The highest BCUT2D eigenvalue weighted by Crippen LogP contribution is 2.15. The summed E-state index contributed by atoms with van der Waals surface area (Å²) in [4.78, 5) is 2.56. The molecule has 1 saturated heterocycles. The van der Waals surface area contributed by atoms with Gasteiger partial charge in [-0.15, -0.1) is 0 Å². The molecule has 1 fully saturated rings. The van der Waals surface area contributed by atoms with E-state index in [1.165, 1.54) is 12.1 Å². The molecule has 0 aromatic carbocycles. The minimum Gasteiger partial charge on any atom is -0.309 e. The molecule has 1 aromatic rings. The van der Waals surface area contributed by atoms with Crippen molar-refractivity contribution in [1.82, 2.24) is 20.0 Å². The van der Waals surface area contributed by atoms with Crippen molar-refractivity contribution in [3.63, 3.8) is 0 Å². The number of nitrogens with zero attached hydrogens (tertiary/aromatic N) is 3. The molecule has 0 aliphatic carbocycles. The summed E-state index contributed by atoms with van der Waals surface area (Å²) in [5.74, 6) is 0. The average Bonchev–Trinajstić information content (AvgIpc) is 2.73. The first-order valence-electron chi connectivity index (χ1n) is 6.57. The molecule has 1 aromatic heterocycles. The Bertz CT molecular complexity index is 360. The van der Waals surface area contributed by atoms with Crippen LogP contribution in [0, 0.1) is 0 Å². The molecule has 4 nitrogen and oxygen atoms in total. The number of aryl methyl sites for hydroxylation is 1. The smallest absolute Gasteiger partial charge is 0.0492 e. The molecule has 96 valence electrons. The van der Waals surface area contributed by atoms with E-state index < -0.39 is 0 Å². The largest absolute Gasteiger partial charge is 0.309 e. The maximum absolute atomic E-state index is 4.21. The molecule has 4 heteroatoms. The molecule has 1 unspecified atom stereocenters. The van der Waals surface area contributed by atoms with Crippen molar-refractivity contribution in [1.29, 1.82) is 0 Å². The fourth-order valence-electron chi connectivity index (χ4n) is 2.49. The van der Waals surface area contributed by atoms with Crippen molar-refractivity contribution in [3.05, 3.63) is 18.0 Å². The Morgan fingerprint density at radius 2 is 2.35 bits per heavy atom. The van der Waals surface area contributed by atoms with Crippen molar-refractivity contribution in [2.45, 2.75) is 32.2 Å². The molecule has 1 aliphatic heterocycles. The Morgan fingerprint density at radius 1 is 1.53 bits per heavy atom. The summed E-state index contributed by atoms with van der Waals surface area (Å²) < 4.78 is 1.97. The van der Waals surface area contributed by atoms with Gasteiger partial charge < -0.3 is 5.32 Å². The Morgan fingerprint density at radius 3 is 3.00 bits per heavy atom. The van der Waals surface area contributed by atoms with Crippen LogP contribution in [-0.2, 0) is 13.5 Å². The molecule has 17 heavy (non-hydrogen) atoms.